The minimum atomic E-state index is -1.94. The number of hydrogen-bond acceptors (Lipinski definition) is 2. The van der Waals surface area contributed by atoms with E-state index in [1.807, 2.05) is 30.3 Å². The second kappa shape index (κ2) is 3.77. The second-order valence-corrected chi connectivity index (χ2v) is 6.74. The first-order valence-electron chi connectivity index (χ1n) is 3.91. The fraction of sp³-hybridized carbons (Fsp3) is 0.333. The third-order valence-corrected chi connectivity index (χ3v) is 2.36. The lowest BCUT2D eigenvalue weighted by molar-refractivity contribution is 0.583. The van der Waals surface area contributed by atoms with Crippen molar-refractivity contribution in [3.63, 3.8) is 0 Å². The van der Waals surface area contributed by atoms with Gasteiger partial charge in [-0.15, -0.1) is 0 Å². The summed E-state index contributed by atoms with van der Waals surface area (Å²) in [6.45, 7) is 3.56. The van der Waals surface area contributed by atoms with E-state index in [0.29, 0.717) is 6.29 Å². The summed E-state index contributed by atoms with van der Waals surface area (Å²) in [6, 6.07) is 9.81. The highest BCUT2D eigenvalue weighted by atomic mass is 31.2. The van der Waals surface area contributed by atoms with Crippen LogP contribution < -0.4 is 5.32 Å². The molecule has 1 N–H and O–H groups in total. The molecular formula is C9H14NOP. The topological polar surface area (TPSA) is 29.1 Å². The van der Waals surface area contributed by atoms with Crippen LogP contribution in [0.25, 0.3) is 0 Å². The molecule has 0 aromatic heterocycles. The van der Waals surface area contributed by atoms with Gasteiger partial charge < -0.3 is 9.88 Å². The summed E-state index contributed by atoms with van der Waals surface area (Å²) in [6.07, 6.45) is 0.566. The van der Waals surface area contributed by atoms with E-state index in [4.69, 9.17) is 0 Å². The fourth-order valence-electron chi connectivity index (χ4n) is 0.838. The molecule has 0 amide bonds. The number of benzene rings is 1. The van der Waals surface area contributed by atoms with Crippen molar-refractivity contribution < 1.29 is 4.57 Å². The Labute approximate surface area is 73.4 Å². The Kier molecular flexibility index (Phi) is 2.93. The first kappa shape index (κ1) is 9.34. The van der Waals surface area contributed by atoms with Gasteiger partial charge in [0.15, 0.2) is 0 Å². The van der Waals surface area contributed by atoms with Crippen LogP contribution >= 0.6 is 7.14 Å². The molecule has 1 aromatic rings. The average Bonchev–Trinajstić information content (AvgIpc) is 2.02. The van der Waals surface area contributed by atoms with Gasteiger partial charge in [-0.05, 0) is 25.5 Å². The van der Waals surface area contributed by atoms with E-state index in [9.17, 15) is 4.57 Å². The predicted octanol–water partition coefficient (Wildman–Crippen LogP) is 2.68. The molecule has 12 heavy (non-hydrogen) atoms. The Bertz CT molecular complexity index is 278. The summed E-state index contributed by atoms with van der Waals surface area (Å²) >= 11 is 0. The van der Waals surface area contributed by atoms with Crippen molar-refractivity contribution in [2.24, 2.45) is 0 Å². The summed E-state index contributed by atoms with van der Waals surface area (Å²) in [5.74, 6) is 0. The average molecular weight is 183 g/mol. The van der Waals surface area contributed by atoms with Crippen molar-refractivity contribution >= 4 is 12.8 Å². The molecule has 3 heteroatoms. The molecule has 0 unspecified atom stereocenters. The van der Waals surface area contributed by atoms with Crippen LogP contribution in [-0.2, 0) is 4.57 Å². The van der Waals surface area contributed by atoms with Gasteiger partial charge in [0.05, 0.1) is 13.4 Å². The van der Waals surface area contributed by atoms with E-state index in [1.54, 1.807) is 13.3 Å². The van der Waals surface area contributed by atoms with E-state index in [0.717, 1.165) is 5.69 Å². The van der Waals surface area contributed by atoms with Gasteiger partial charge in [0.25, 0.3) is 0 Å². The highest BCUT2D eigenvalue weighted by Crippen LogP contribution is 2.34. The van der Waals surface area contributed by atoms with Crippen molar-refractivity contribution in [3.05, 3.63) is 30.3 Å². The first-order chi connectivity index (χ1) is 5.58. The lowest BCUT2D eigenvalue weighted by atomic mass is 10.3. The molecule has 1 aromatic carbocycles. The molecule has 2 nitrogen and oxygen atoms in total. The van der Waals surface area contributed by atoms with Gasteiger partial charge in [-0.25, -0.2) is 0 Å². The number of para-hydroxylation sites is 1. The molecule has 1 rings (SSSR count). The molecule has 0 heterocycles. The molecule has 0 fully saturated rings. The van der Waals surface area contributed by atoms with Crippen molar-refractivity contribution in [2.45, 2.75) is 0 Å². The van der Waals surface area contributed by atoms with Crippen LogP contribution in [0.3, 0.4) is 0 Å². The van der Waals surface area contributed by atoms with Gasteiger partial charge in [0.1, 0.15) is 0 Å². The highest BCUT2D eigenvalue weighted by molar-refractivity contribution is 7.62. The van der Waals surface area contributed by atoms with Crippen molar-refractivity contribution in [1.82, 2.24) is 0 Å². The van der Waals surface area contributed by atoms with Crippen molar-refractivity contribution in [2.75, 3.05) is 24.9 Å². The number of anilines is 1. The van der Waals surface area contributed by atoms with Crippen molar-refractivity contribution in [1.29, 1.82) is 0 Å². The summed E-state index contributed by atoms with van der Waals surface area (Å²) < 4.78 is 11.3. The van der Waals surface area contributed by atoms with Gasteiger partial charge in [0, 0.05) is 5.69 Å². The summed E-state index contributed by atoms with van der Waals surface area (Å²) in [5, 5.41) is 3.12. The van der Waals surface area contributed by atoms with Crippen LogP contribution in [0.15, 0.2) is 30.3 Å². The van der Waals surface area contributed by atoms with Crippen LogP contribution in [0.1, 0.15) is 0 Å². The molecule has 0 saturated carbocycles. The molecule has 0 radical (unpaired) electrons. The first-order valence-corrected chi connectivity index (χ1v) is 6.69. The zero-order chi connectivity index (χ0) is 9.03. The molecule has 0 bridgehead atoms. The SMILES string of the molecule is CP(C)(=O)CNc1ccccc1. The van der Waals surface area contributed by atoms with Crippen LogP contribution in [0.2, 0.25) is 0 Å². The monoisotopic (exact) mass is 183 g/mol. The molecule has 0 aliphatic heterocycles. The Morgan fingerprint density at radius 1 is 1.25 bits per heavy atom. The lowest BCUT2D eigenvalue weighted by Gasteiger charge is -2.08. The Balaban J connectivity index is 2.50. The van der Waals surface area contributed by atoms with Crippen LogP contribution in [0.5, 0.6) is 0 Å². The molecule has 0 spiro atoms. The fourth-order valence-corrected chi connectivity index (χ4v) is 1.40. The van der Waals surface area contributed by atoms with Gasteiger partial charge in [-0.2, -0.15) is 0 Å². The zero-order valence-corrected chi connectivity index (χ0v) is 8.34. The number of rotatable bonds is 3. The summed E-state index contributed by atoms with van der Waals surface area (Å²) in [5.41, 5.74) is 1.03. The van der Waals surface area contributed by atoms with E-state index in [2.05, 4.69) is 5.32 Å². The minimum absolute atomic E-state index is 0.566. The minimum Gasteiger partial charge on any atom is -0.378 e. The van der Waals surface area contributed by atoms with Gasteiger partial charge in [-0.3, -0.25) is 0 Å². The normalized spacial score (nSPS) is 11.2. The van der Waals surface area contributed by atoms with Gasteiger partial charge >= 0.3 is 0 Å². The van der Waals surface area contributed by atoms with Crippen molar-refractivity contribution in [3.8, 4) is 0 Å². The second-order valence-electron chi connectivity index (χ2n) is 3.27. The van der Waals surface area contributed by atoms with Crippen LogP contribution in [0.4, 0.5) is 5.69 Å². The molecule has 0 saturated heterocycles. The predicted molar refractivity (Wildman–Crippen MR) is 54.4 cm³/mol. The van der Waals surface area contributed by atoms with Crippen LogP contribution in [0, 0.1) is 0 Å². The smallest absolute Gasteiger partial charge is 0.0999 e. The Morgan fingerprint density at radius 3 is 2.33 bits per heavy atom. The maximum absolute atomic E-state index is 11.3. The Hall–Kier alpha value is -0.750. The summed E-state index contributed by atoms with van der Waals surface area (Å²) in [7, 11) is -1.94. The third-order valence-electron chi connectivity index (χ3n) is 1.44. The number of hydrogen-bond donors (Lipinski definition) is 1. The van der Waals surface area contributed by atoms with E-state index in [-0.39, 0.29) is 0 Å². The molecule has 0 aliphatic rings. The number of nitrogens with one attached hydrogen (secondary N) is 1. The van der Waals surface area contributed by atoms with E-state index < -0.39 is 7.14 Å². The molecule has 66 valence electrons. The van der Waals surface area contributed by atoms with E-state index in [1.165, 1.54) is 0 Å². The zero-order valence-electron chi connectivity index (χ0n) is 7.45. The van der Waals surface area contributed by atoms with E-state index >= 15 is 0 Å². The maximum atomic E-state index is 11.3. The largest absolute Gasteiger partial charge is 0.378 e. The van der Waals surface area contributed by atoms with Crippen LogP contribution in [-0.4, -0.2) is 19.6 Å². The maximum Gasteiger partial charge on any atom is 0.0999 e. The standard InChI is InChI=1S/C9H14NOP/c1-12(2,11)8-10-9-6-4-3-5-7-9/h3-7,10H,8H2,1-2H3. The Morgan fingerprint density at radius 2 is 1.83 bits per heavy atom. The highest BCUT2D eigenvalue weighted by Gasteiger charge is 2.04. The third kappa shape index (κ3) is 3.59. The quantitative estimate of drug-likeness (QED) is 0.730. The molecule has 0 atom stereocenters. The van der Waals surface area contributed by atoms with Gasteiger partial charge in [-0.1, -0.05) is 18.2 Å². The van der Waals surface area contributed by atoms with Gasteiger partial charge in [0.2, 0.25) is 0 Å². The molecular weight excluding hydrogens is 169 g/mol. The summed E-state index contributed by atoms with van der Waals surface area (Å²) in [4.78, 5) is 0. The lowest BCUT2D eigenvalue weighted by Crippen LogP contribution is -2.00. The molecule has 0 aliphatic carbocycles.